The van der Waals surface area contributed by atoms with Gasteiger partial charge in [0.1, 0.15) is 13.2 Å². The van der Waals surface area contributed by atoms with Crippen LogP contribution in [-0.2, 0) is 0 Å². The highest BCUT2D eigenvalue weighted by atomic mass is 16.6. The van der Waals surface area contributed by atoms with Crippen molar-refractivity contribution < 1.29 is 9.47 Å². The van der Waals surface area contributed by atoms with E-state index in [1.807, 2.05) is 18.2 Å². The van der Waals surface area contributed by atoms with E-state index in [1.54, 1.807) is 0 Å². The SMILES string of the molecule is CC(C)C[C@@H](N)c1cccc2c1OCCO2. The van der Waals surface area contributed by atoms with Gasteiger partial charge in [-0.1, -0.05) is 26.0 Å². The predicted octanol–water partition coefficient (Wildman–Crippen LogP) is 2.50. The van der Waals surface area contributed by atoms with Gasteiger partial charge in [-0.25, -0.2) is 0 Å². The third-order valence-electron chi connectivity index (χ3n) is 2.72. The quantitative estimate of drug-likeness (QED) is 0.853. The molecule has 1 atom stereocenters. The topological polar surface area (TPSA) is 44.5 Å². The van der Waals surface area contributed by atoms with E-state index in [-0.39, 0.29) is 6.04 Å². The molecule has 3 nitrogen and oxygen atoms in total. The van der Waals surface area contributed by atoms with E-state index < -0.39 is 0 Å². The van der Waals surface area contributed by atoms with Crippen LogP contribution in [0.1, 0.15) is 31.9 Å². The summed E-state index contributed by atoms with van der Waals surface area (Å²) in [6.07, 6.45) is 0.958. The summed E-state index contributed by atoms with van der Waals surface area (Å²) in [5.74, 6) is 2.24. The van der Waals surface area contributed by atoms with Crippen LogP contribution in [0.3, 0.4) is 0 Å². The lowest BCUT2D eigenvalue weighted by Gasteiger charge is -2.24. The highest BCUT2D eigenvalue weighted by Crippen LogP contribution is 2.37. The third-order valence-corrected chi connectivity index (χ3v) is 2.72. The zero-order valence-corrected chi connectivity index (χ0v) is 9.90. The molecule has 1 heterocycles. The molecule has 0 fully saturated rings. The van der Waals surface area contributed by atoms with E-state index in [9.17, 15) is 0 Å². The fraction of sp³-hybridized carbons (Fsp3) is 0.538. The average molecular weight is 221 g/mol. The minimum absolute atomic E-state index is 0.0247. The molecule has 0 bridgehead atoms. The van der Waals surface area contributed by atoms with Crippen LogP contribution >= 0.6 is 0 Å². The van der Waals surface area contributed by atoms with Crippen LogP contribution in [-0.4, -0.2) is 13.2 Å². The fourth-order valence-corrected chi connectivity index (χ4v) is 2.02. The standard InChI is InChI=1S/C13H19NO2/c1-9(2)8-11(14)10-4-3-5-12-13(10)16-7-6-15-12/h3-5,9,11H,6-8,14H2,1-2H3/t11-/m1/s1. The normalized spacial score (nSPS) is 16.2. The Morgan fingerprint density at radius 3 is 2.75 bits per heavy atom. The van der Waals surface area contributed by atoms with Gasteiger partial charge >= 0.3 is 0 Å². The number of nitrogens with two attached hydrogens (primary N) is 1. The second-order valence-electron chi connectivity index (χ2n) is 4.61. The van der Waals surface area contributed by atoms with Gasteiger partial charge in [0.05, 0.1) is 0 Å². The number of benzene rings is 1. The fourth-order valence-electron chi connectivity index (χ4n) is 2.02. The average Bonchev–Trinajstić information content (AvgIpc) is 2.27. The van der Waals surface area contributed by atoms with Crippen molar-refractivity contribution in [3.8, 4) is 11.5 Å². The van der Waals surface area contributed by atoms with Crippen LogP contribution in [0.5, 0.6) is 11.5 Å². The summed E-state index contributed by atoms with van der Waals surface area (Å²) in [6.45, 7) is 5.58. The Balaban J connectivity index is 2.26. The number of hydrogen-bond acceptors (Lipinski definition) is 3. The lowest BCUT2D eigenvalue weighted by molar-refractivity contribution is 0.169. The van der Waals surface area contributed by atoms with Crippen LogP contribution in [0.25, 0.3) is 0 Å². The summed E-state index contributed by atoms with van der Waals surface area (Å²) in [6, 6.07) is 5.96. The molecule has 1 aromatic rings. The van der Waals surface area contributed by atoms with Crippen LogP contribution in [0.15, 0.2) is 18.2 Å². The molecule has 2 N–H and O–H groups in total. The van der Waals surface area contributed by atoms with Crippen molar-refractivity contribution in [3.63, 3.8) is 0 Å². The second kappa shape index (κ2) is 4.74. The molecule has 1 aliphatic rings. The molecule has 1 aromatic carbocycles. The molecule has 0 radical (unpaired) electrons. The lowest BCUT2D eigenvalue weighted by Crippen LogP contribution is -2.20. The van der Waals surface area contributed by atoms with Crippen molar-refractivity contribution in [2.75, 3.05) is 13.2 Å². The van der Waals surface area contributed by atoms with Gasteiger partial charge in [0.25, 0.3) is 0 Å². The number of rotatable bonds is 3. The summed E-state index contributed by atoms with van der Waals surface area (Å²) in [7, 11) is 0. The zero-order chi connectivity index (χ0) is 11.5. The first-order valence-corrected chi connectivity index (χ1v) is 5.82. The first-order chi connectivity index (χ1) is 7.68. The van der Waals surface area contributed by atoms with Gasteiger partial charge in [-0.05, 0) is 18.4 Å². The predicted molar refractivity (Wildman–Crippen MR) is 63.8 cm³/mol. The van der Waals surface area contributed by atoms with Crippen LogP contribution in [0, 0.1) is 5.92 Å². The van der Waals surface area contributed by atoms with Gasteiger partial charge in [0.15, 0.2) is 11.5 Å². The molecule has 0 amide bonds. The van der Waals surface area contributed by atoms with Crippen molar-refractivity contribution in [1.29, 1.82) is 0 Å². The molecular weight excluding hydrogens is 202 g/mol. The van der Waals surface area contributed by atoms with Crippen molar-refractivity contribution in [2.24, 2.45) is 11.7 Å². The maximum Gasteiger partial charge on any atom is 0.166 e. The molecule has 0 aliphatic carbocycles. The number of hydrogen-bond donors (Lipinski definition) is 1. The second-order valence-corrected chi connectivity index (χ2v) is 4.61. The zero-order valence-electron chi connectivity index (χ0n) is 9.90. The minimum atomic E-state index is 0.0247. The van der Waals surface area contributed by atoms with E-state index >= 15 is 0 Å². The summed E-state index contributed by atoms with van der Waals surface area (Å²) in [5, 5.41) is 0. The van der Waals surface area contributed by atoms with Crippen LogP contribution in [0.2, 0.25) is 0 Å². The molecule has 2 rings (SSSR count). The molecule has 88 valence electrons. The van der Waals surface area contributed by atoms with Crippen LogP contribution < -0.4 is 15.2 Å². The van der Waals surface area contributed by atoms with Gasteiger partial charge in [0, 0.05) is 11.6 Å². The lowest BCUT2D eigenvalue weighted by atomic mass is 9.97. The number of para-hydroxylation sites is 1. The molecule has 16 heavy (non-hydrogen) atoms. The summed E-state index contributed by atoms with van der Waals surface area (Å²) in [5.41, 5.74) is 7.25. The van der Waals surface area contributed by atoms with Crippen molar-refractivity contribution >= 4 is 0 Å². The van der Waals surface area contributed by atoms with Gasteiger partial charge < -0.3 is 15.2 Å². The molecule has 0 saturated heterocycles. The molecule has 0 spiro atoms. The Morgan fingerprint density at radius 2 is 2.00 bits per heavy atom. The third kappa shape index (κ3) is 2.30. The maximum absolute atomic E-state index is 6.18. The Bertz CT molecular complexity index is 363. The molecule has 0 aromatic heterocycles. The Labute approximate surface area is 96.5 Å². The number of ether oxygens (including phenoxy) is 2. The minimum Gasteiger partial charge on any atom is -0.486 e. The van der Waals surface area contributed by atoms with E-state index in [0.717, 1.165) is 23.5 Å². The Morgan fingerprint density at radius 1 is 1.25 bits per heavy atom. The van der Waals surface area contributed by atoms with Gasteiger partial charge in [-0.15, -0.1) is 0 Å². The molecule has 1 aliphatic heterocycles. The highest BCUT2D eigenvalue weighted by molar-refractivity contribution is 5.48. The van der Waals surface area contributed by atoms with E-state index in [0.29, 0.717) is 19.1 Å². The maximum atomic E-state index is 6.18. The molecule has 0 saturated carbocycles. The summed E-state index contributed by atoms with van der Waals surface area (Å²) in [4.78, 5) is 0. The largest absolute Gasteiger partial charge is 0.486 e. The van der Waals surface area contributed by atoms with Gasteiger partial charge in [-0.2, -0.15) is 0 Å². The Kier molecular flexibility index (Phi) is 3.34. The van der Waals surface area contributed by atoms with Gasteiger partial charge in [-0.3, -0.25) is 0 Å². The number of fused-ring (bicyclic) bond motifs is 1. The molecule has 3 heteroatoms. The summed E-state index contributed by atoms with van der Waals surface area (Å²) >= 11 is 0. The monoisotopic (exact) mass is 221 g/mol. The van der Waals surface area contributed by atoms with E-state index in [4.69, 9.17) is 15.2 Å². The van der Waals surface area contributed by atoms with E-state index in [1.165, 1.54) is 0 Å². The highest BCUT2D eigenvalue weighted by Gasteiger charge is 2.20. The summed E-state index contributed by atoms with van der Waals surface area (Å²) < 4.78 is 11.2. The van der Waals surface area contributed by atoms with Crippen molar-refractivity contribution in [3.05, 3.63) is 23.8 Å². The first-order valence-electron chi connectivity index (χ1n) is 5.82. The van der Waals surface area contributed by atoms with E-state index in [2.05, 4.69) is 13.8 Å². The van der Waals surface area contributed by atoms with Crippen LogP contribution in [0.4, 0.5) is 0 Å². The Hall–Kier alpha value is -1.22. The van der Waals surface area contributed by atoms with Gasteiger partial charge in [0.2, 0.25) is 0 Å². The smallest absolute Gasteiger partial charge is 0.166 e. The van der Waals surface area contributed by atoms with Crippen molar-refractivity contribution in [2.45, 2.75) is 26.3 Å². The molecule has 0 unspecified atom stereocenters. The first kappa shape index (κ1) is 11.3. The van der Waals surface area contributed by atoms with Crippen molar-refractivity contribution in [1.82, 2.24) is 0 Å². The molecular formula is C13H19NO2.